The van der Waals surface area contributed by atoms with Crippen LogP contribution >= 0.6 is 0 Å². The van der Waals surface area contributed by atoms with Crippen LogP contribution in [-0.4, -0.2) is 154 Å². The molecular formula is C33H42O18. The van der Waals surface area contributed by atoms with Crippen LogP contribution in [0.5, 0.6) is 11.5 Å². The van der Waals surface area contributed by atoms with Gasteiger partial charge in [0, 0.05) is 18.9 Å². The average Bonchev–Trinajstić information content (AvgIpc) is 3.78. The van der Waals surface area contributed by atoms with Gasteiger partial charge in [0.2, 0.25) is 6.29 Å². The van der Waals surface area contributed by atoms with E-state index in [1.54, 1.807) is 12.1 Å². The van der Waals surface area contributed by atoms with Gasteiger partial charge in [-0.3, -0.25) is 4.79 Å². The Labute approximate surface area is 291 Å². The Kier molecular flexibility index (Phi) is 10.9. The molecule has 18 heteroatoms. The fourth-order valence-corrected chi connectivity index (χ4v) is 7.20. The summed E-state index contributed by atoms with van der Waals surface area (Å²) in [7, 11) is 1.39. The minimum Gasteiger partial charge on any atom is -0.504 e. The van der Waals surface area contributed by atoms with Crippen molar-refractivity contribution in [2.24, 2.45) is 11.8 Å². The maximum absolute atomic E-state index is 13.1. The molecule has 1 aliphatic carbocycles. The van der Waals surface area contributed by atoms with Crippen molar-refractivity contribution in [3.8, 4) is 11.5 Å². The number of benzene rings is 1. The van der Waals surface area contributed by atoms with Crippen molar-refractivity contribution in [1.29, 1.82) is 0 Å². The van der Waals surface area contributed by atoms with Gasteiger partial charge in [0.25, 0.3) is 0 Å². The van der Waals surface area contributed by atoms with E-state index in [4.69, 9.17) is 42.6 Å². The Hall–Kier alpha value is -3.40. The number of aliphatic hydroxyl groups excluding tert-OH is 6. The third kappa shape index (κ3) is 7.06. The smallest absolute Gasteiger partial charge is 0.331 e. The van der Waals surface area contributed by atoms with E-state index >= 15 is 0 Å². The molecule has 1 saturated carbocycles. The number of phenolic OH excluding ortho intramolecular Hbond substituents is 1. The summed E-state index contributed by atoms with van der Waals surface area (Å²) in [6, 6.07) is 4.45. The Morgan fingerprint density at radius 2 is 1.69 bits per heavy atom. The molecule has 4 fully saturated rings. The summed E-state index contributed by atoms with van der Waals surface area (Å²) >= 11 is 0. The first kappa shape index (κ1) is 37.4. The number of methoxy groups -OCH3 is 1. The van der Waals surface area contributed by atoms with Crippen LogP contribution in [0.2, 0.25) is 0 Å². The van der Waals surface area contributed by atoms with Crippen LogP contribution in [-0.2, 0) is 47.5 Å². The quantitative estimate of drug-likeness (QED) is 0.0726. The van der Waals surface area contributed by atoms with Crippen molar-refractivity contribution in [3.05, 3.63) is 42.2 Å². The first-order valence-corrected chi connectivity index (χ1v) is 16.3. The molecule has 0 unspecified atom stereocenters. The van der Waals surface area contributed by atoms with E-state index in [0.29, 0.717) is 5.56 Å². The summed E-state index contributed by atoms with van der Waals surface area (Å²) < 4.78 is 51.4. The molecule has 16 atom stereocenters. The first-order valence-electron chi connectivity index (χ1n) is 16.3. The third-order valence-corrected chi connectivity index (χ3v) is 9.81. The number of hydrogen-bond donors (Lipinski definition) is 7. The maximum Gasteiger partial charge on any atom is 0.331 e. The molecule has 6 rings (SSSR count). The zero-order chi connectivity index (χ0) is 36.8. The van der Waals surface area contributed by atoms with Crippen molar-refractivity contribution < 1.29 is 88.0 Å². The van der Waals surface area contributed by atoms with E-state index < -0.39 is 122 Å². The van der Waals surface area contributed by atoms with Crippen LogP contribution in [0.25, 0.3) is 6.08 Å². The lowest BCUT2D eigenvalue weighted by Gasteiger charge is -2.44. The van der Waals surface area contributed by atoms with Gasteiger partial charge in [0.15, 0.2) is 36.3 Å². The Morgan fingerprint density at radius 3 is 2.35 bits per heavy atom. The standard InChI is InChI=1S/C33H42O18/c1-13-26(46-14(2)36)25(42)28(48-20(38)7-5-15-4-6-18(43-3)17(37)10-15)32(45-13)49-27-16-8-9-44-30(21(16)33(12-35)29(27)51-33)50-31-24(41)23(40)22(39)19(11-34)47-31/h4-10,13,16,19,21-32,34-35,37,39-42H,11-12H2,1-3H3/t13-,16+,19+,21+,22+,23-,24+,25+,26-,27-,28+,29-,30-,31-,32-,33+/m0/s1. The van der Waals surface area contributed by atoms with Crippen molar-refractivity contribution in [2.45, 2.75) is 99.4 Å². The summed E-state index contributed by atoms with van der Waals surface area (Å²) in [4.78, 5) is 24.9. The van der Waals surface area contributed by atoms with Crippen LogP contribution in [0.3, 0.4) is 0 Å². The number of phenols is 1. The number of aliphatic hydroxyl groups is 6. The van der Waals surface area contributed by atoms with Gasteiger partial charge in [0.05, 0.1) is 44.7 Å². The second-order valence-corrected chi connectivity index (χ2v) is 13.0. The third-order valence-electron chi connectivity index (χ3n) is 9.81. The topological polar surface area (TPSA) is 262 Å². The van der Waals surface area contributed by atoms with Crippen molar-refractivity contribution in [2.75, 3.05) is 20.3 Å². The highest BCUT2D eigenvalue weighted by Gasteiger charge is 2.77. The monoisotopic (exact) mass is 726 g/mol. The predicted octanol–water partition coefficient (Wildman–Crippen LogP) is -2.19. The largest absolute Gasteiger partial charge is 0.504 e. The molecular weight excluding hydrogens is 684 g/mol. The van der Waals surface area contributed by atoms with Crippen molar-refractivity contribution >= 4 is 18.0 Å². The van der Waals surface area contributed by atoms with Gasteiger partial charge in [-0.15, -0.1) is 0 Å². The molecule has 0 bridgehead atoms. The SMILES string of the molecule is COc1ccc(C=CC(=O)O[C@H]2[C@H](O[C@H]3[C@@H]4C=CO[C@@H](O[C@@H]5O[C@H](CO)[C@@H](O)[C@H](O)[C@H]5O)[C@@H]4[C@@]4(CO)O[C@@H]34)O[C@@H](C)[C@H](OC(C)=O)[C@H]2O)cc1O. The molecule has 0 spiro atoms. The molecule has 1 aromatic carbocycles. The number of carbonyl (C=O) groups is 2. The number of carbonyl (C=O) groups excluding carboxylic acids is 2. The van der Waals surface area contributed by atoms with E-state index in [-0.39, 0.29) is 11.5 Å². The van der Waals surface area contributed by atoms with Crippen LogP contribution in [0.1, 0.15) is 19.4 Å². The molecule has 7 N–H and O–H groups in total. The molecule has 4 heterocycles. The van der Waals surface area contributed by atoms with E-state index in [1.165, 1.54) is 38.5 Å². The molecule has 282 valence electrons. The minimum absolute atomic E-state index is 0.157. The second-order valence-electron chi connectivity index (χ2n) is 13.0. The van der Waals surface area contributed by atoms with E-state index in [9.17, 15) is 45.3 Å². The summed E-state index contributed by atoms with van der Waals surface area (Å²) in [5.41, 5.74) is -0.850. The molecule has 18 nitrogen and oxygen atoms in total. The highest BCUT2D eigenvalue weighted by Crippen LogP contribution is 2.61. The van der Waals surface area contributed by atoms with Gasteiger partial charge in [0.1, 0.15) is 42.2 Å². The number of hydrogen-bond acceptors (Lipinski definition) is 18. The zero-order valence-electron chi connectivity index (χ0n) is 27.7. The van der Waals surface area contributed by atoms with Gasteiger partial charge < -0.3 is 78.4 Å². The minimum atomic E-state index is -1.73. The van der Waals surface area contributed by atoms with Gasteiger partial charge in [-0.2, -0.15) is 0 Å². The average molecular weight is 727 g/mol. The van der Waals surface area contributed by atoms with Crippen LogP contribution in [0.4, 0.5) is 0 Å². The lowest BCUT2D eigenvalue weighted by Crippen LogP contribution is -2.61. The van der Waals surface area contributed by atoms with Crippen LogP contribution < -0.4 is 4.74 Å². The van der Waals surface area contributed by atoms with Gasteiger partial charge in [-0.05, 0) is 36.8 Å². The van der Waals surface area contributed by atoms with Gasteiger partial charge in [-0.25, -0.2) is 4.79 Å². The molecule has 0 radical (unpaired) electrons. The Balaban J connectivity index is 1.21. The van der Waals surface area contributed by atoms with Crippen LogP contribution in [0, 0.1) is 11.8 Å². The normalized spacial score (nSPS) is 42.8. The summed E-state index contributed by atoms with van der Waals surface area (Å²) in [6.45, 7) is 1.48. The fraction of sp³-hybridized carbons (Fsp3) is 0.636. The molecule has 4 aliphatic heterocycles. The van der Waals surface area contributed by atoms with Crippen molar-refractivity contribution in [3.63, 3.8) is 0 Å². The molecule has 0 aromatic heterocycles. The van der Waals surface area contributed by atoms with E-state index in [2.05, 4.69) is 0 Å². The Morgan fingerprint density at radius 1 is 0.922 bits per heavy atom. The fourth-order valence-electron chi connectivity index (χ4n) is 7.20. The summed E-state index contributed by atoms with van der Waals surface area (Å²) in [5.74, 6) is -3.00. The van der Waals surface area contributed by atoms with Crippen molar-refractivity contribution in [1.82, 2.24) is 0 Å². The number of aromatic hydroxyl groups is 1. The summed E-state index contributed by atoms with van der Waals surface area (Å²) in [6.07, 6.45) is -12.3. The highest BCUT2D eigenvalue weighted by molar-refractivity contribution is 5.87. The van der Waals surface area contributed by atoms with E-state index in [0.717, 1.165) is 13.0 Å². The lowest BCUT2D eigenvalue weighted by molar-refractivity contribution is -0.347. The highest BCUT2D eigenvalue weighted by atomic mass is 16.8. The number of rotatable bonds is 11. The molecule has 51 heavy (non-hydrogen) atoms. The zero-order valence-corrected chi connectivity index (χ0v) is 27.7. The molecule has 1 aromatic rings. The number of epoxide rings is 1. The molecule has 5 aliphatic rings. The Bertz CT molecular complexity index is 1480. The van der Waals surface area contributed by atoms with E-state index in [1.807, 2.05) is 0 Å². The molecule has 3 saturated heterocycles. The molecule has 0 amide bonds. The summed E-state index contributed by atoms with van der Waals surface area (Å²) in [5, 5.41) is 72.5. The predicted molar refractivity (Wildman–Crippen MR) is 165 cm³/mol. The number of fused-ring (bicyclic) bond motifs is 3. The second kappa shape index (κ2) is 14.9. The number of esters is 2. The van der Waals surface area contributed by atoms with Crippen LogP contribution in [0.15, 0.2) is 36.6 Å². The van der Waals surface area contributed by atoms with Gasteiger partial charge in [-0.1, -0.05) is 6.07 Å². The number of ether oxygens (including phenoxy) is 9. The maximum atomic E-state index is 13.1. The lowest BCUT2D eigenvalue weighted by atomic mass is 9.85. The first-order chi connectivity index (χ1) is 24.3. The van der Waals surface area contributed by atoms with Gasteiger partial charge >= 0.3 is 11.9 Å².